The number of benzene rings is 2. The smallest absolute Gasteiger partial charge is 0.223 e. The third-order valence-electron chi connectivity index (χ3n) is 6.11. The lowest BCUT2D eigenvalue weighted by atomic mass is 9.82. The highest BCUT2D eigenvalue weighted by atomic mass is 35.5. The number of carbonyl (C=O) groups is 3. The quantitative estimate of drug-likeness (QED) is 0.569. The number of nitrogens with zero attached hydrogens (tertiary/aromatic N) is 1. The molecule has 0 aliphatic carbocycles. The first kappa shape index (κ1) is 22.6. The number of likely N-dealkylation sites (tertiary alicyclic amines) is 1. The average molecular weight is 476 g/mol. The van der Waals surface area contributed by atoms with E-state index in [1.54, 1.807) is 41.3 Å². The molecule has 0 saturated carbocycles. The molecule has 0 N–H and O–H groups in total. The molecular formula is C24H23Cl2NO5. The maximum absolute atomic E-state index is 12.7. The summed E-state index contributed by atoms with van der Waals surface area (Å²) in [5, 5.41) is 0.940. The van der Waals surface area contributed by atoms with Crippen LogP contribution in [0.2, 0.25) is 10.0 Å². The van der Waals surface area contributed by atoms with Crippen LogP contribution in [0.1, 0.15) is 52.8 Å². The van der Waals surface area contributed by atoms with E-state index < -0.39 is 5.60 Å². The van der Waals surface area contributed by atoms with Crippen LogP contribution in [0.3, 0.4) is 0 Å². The Morgan fingerprint density at radius 1 is 1.06 bits per heavy atom. The molecule has 0 atom stereocenters. The molecule has 168 valence electrons. The van der Waals surface area contributed by atoms with Gasteiger partial charge in [-0.2, -0.15) is 0 Å². The lowest BCUT2D eigenvalue weighted by Gasteiger charge is -2.44. The lowest BCUT2D eigenvalue weighted by Crippen LogP contribution is -2.52. The minimum Gasteiger partial charge on any atom is -0.496 e. The van der Waals surface area contributed by atoms with Gasteiger partial charge in [-0.05, 0) is 36.4 Å². The van der Waals surface area contributed by atoms with Crippen molar-refractivity contribution in [3.05, 3.63) is 57.6 Å². The van der Waals surface area contributed by atoms with Crippen LogP contribution in [0, 0.1) is 0 Å². The van der Waals surface area contributed by atoms with Gasteiger partial charge in [0.05, 0.1) is 24.7 Å². The zero-order chi connectivity index (χ0) is 22.9. The number of hydrogen-bond acceptors (Lipinski definition) is 5. The highest BCUT2D eigenvalue weighted by Gasteiger charge is 2.43. The fraction of sp³-hybridized carbons (Fsp3) is 0.375. The number of ether oxygens (including phenoxy) is 2. The van der Waals surface area contributed by atoms with Gasteiger partial charge in [-0.1, -0.05) is 23.2 Å². The van der Waals surface area contributed by atoms with Crippen LogP contribution >= 0.6 is 23.2 Å². The molecular weight excluding hydrogens is 453 g/mol. The van der Waals surface area contributed by atoms with Crippen LogP contribution in [0.5, 0.6) is 11.5 Å². The number of hydrogen-bond donors (Lipinski definition) is 0. The molecule has 0 bridgehead atoms. The summed E-state index contributed by atoms with van der Waals surface area (Å²) in [6.45, 7) is 0.952. The second kappa shape index (κ2) is 9.12. The number of Topliss-reactive ketones (excluding diaryl/α,β-unsaturated/α-hetero) is 2. The van der Waals surface area contributed by atoms with E-state index in [2.05, 4.69) is 0 Å². The van der Waals surface area contributed by atoms with E-state index in [9.17, 15) is 14.4 Å². The minimum absolute atomic E-state index is 0.00888. The van der Waals surface area contributed by atoms with E-state index in [4.69, 9.17) is 32.7 Å². The van der Waals surface area contributed by atoms with Crippen molar-refractivity contribution in [3.8, 4) is 11.5 Å². The van der Waals surface area contributed by atoms with E-state index >= 15 is 0 Å². The largest absolute Gasteiger partial charge is 0.496 e. The van der Waals surface area contributed by atoms with E-state index in [0.717, 1.165) is 0 Å². The van der Waals surface area contributed by atoms with Crippen molar-refractivity contribution in [3.63, 3.8) is 0 Å². The molecule has 0 aromatic heterocycles. The first-order valence-electron chi connectivity index (χ1n) is 10.5. The van der Waals surface area contributed by atoms with Gasteiger partial charge in [0.2, 0.25) is 5.91 Å². The van der Waals surface area contributed by atoms with Crippen molar-refractivity contribution < 1.29 is 23.9 Å². The summed E-state index contributed by atoms with van der Waals surface area (Å²) < 4.78 is 11.4. The Hall–Kier alpha value is -2.57. The Morgan fingerprint density at radius 3 is 2.47 bits per heavy atom. The second-order valence-corrected chi connectivity index (χ2v) is 9.05. The molecule has 2 aliphatic heterocycles. The molecule has 0 unspecified atom stereocenters. The number of rotatable bonds is 5. The van der Waals surface area contributed by atoms with E-state index in [0.29, 0.717) is 58.6 Å². The van der Waals surface area contributed by atoms with Gasteiger partial charge in [0.15, 0.2) is 11.6 Å². The number of carbonyl (C=O) groups excluding carboxylic acids is 3. The van der Waals surface area contributed by atoms with E-state index in [-0.39, 0.29) is 36.7 Å². The number of halogens is 2. The molecule has 4 rings (SSSR count). The van der Waals surface area contributed by atoms with Gasteiger partial charge in [-0.3, -0.25) is 14.4 Å². The second-order valence-electron chi connectivity index (χ2n) is 8.17. The van der Waals surface area contributed by atoms with E-state index in [1.807, 2.05) is 0 Å². The van der Waals surface area contributed by atoms with Crippen LogP contribution in [0.15, 0.2) is 36.4 Å². The SMILES string of the molecule is COc1ccc(Cl)cc1C(=O)CCC(=O)N1CCC2(CC1)CC(=O)c1cc(Cl)ccc1O2. The highest BCUT2D eigenvalue weighted by Crippen LogP contribution is 2.40. The fourth-order valence-electron chi connectivity index (χ4n) is 4.32. The molecule has 6 nitrogen and oxygen atoms in total. The predicted molar refractivity (Wildman–Crippen MR) is 121 cm³/mol. The normalized spacial score (nSPS) is 17.0. The average Bonchev–Trinajstić information content (AvgIpc) is 2.78. The molecule has 2 aromatic rings. The van der Waals surface area contributed by atoms with Crippen LogP contribution in [-0.4, -0.2) is 48.2 Å². The van der Waals surface area contributed by atoms with E-state index in [1.165, 1.54) is 7.11 Å². The summed E-state index contributed by atoms with van der Waals surface area (Å²) in [6.07, 6.45) is 1.56. The first-order valence-corrected chi connectivity index (χ1v) is 11.2. The van der Waals surface area contributed by atoms with Gasteiger partial charge in [0.1, 0.15) is 17.1 Å². The van der Waals surface area contributed by atoms with Crippen molar-refractivity contribution in [1.82, 2.24) is 4.90 Å². The van der Waals surface area contributed by atoms with Gasteiger partial charge in [-0.25, -0.2) is 0 Å². The molecule has 2 aliphatic rings. The summed E-state index contributed by atoms with van der Waals surface area (Å²) in [5.41, 5.74) is 0.286. The standard InChI is InChI=1S/C24H23Cl2NO5/c1-31-21-5-2-15(25)12-17(21)19(28)4-7-23(30)27-10-8-24(9-11-27)14-20(29)18-13-16(26)3-6-22(18)32-24/h2-3,5-6,12-13H,4,7-11,14H2,1H3. The number of piperidine rings is 1. The topological polar surface area (TPSA) is 72.9 Å². The van der Waals surface area contributed by atoms with Crippen LogP contribution in [0.4, 0.5) is 0 Å². The summed E-state index contributed by atoms with van der Waals surface area (Å²) in [7, 11) is 1.49. The minimum atomic E-state index is -0.599. The summed E-state index contributed by atoms with van der Waals surface area (Å²) in [4.78, 5) is 39.7. The molecule has 8 heteroatoms. The molecule has 2 heterocycles. The molecule has 0 radical (unpaired) electrons. The molecule has 1 fully saturated rings. The Bertz CT molecular complexity index is 1080. The zero-order valence-corrected chi connectivity index (χ0v) is 19.2. The lowest BCUT2D eigenvalue weighted by molar-refractivity contribution is -0.134. The summed E-state index contributed by atoms with van der Waals surface area (Å²) >= 11 is 12.0. The predicted octanol–water partition coefficient (Wildman–Crippen LogP) is 4.99. The Morgan fingerprint density at radius 2 is 1.75 bits per heavy atom. The molecule has 1 saturated heterocycles. The molecule has 1 spiro atoms. The van der Waals surface area contributed by atoms with Crippen molar-refractivity contribution in [1.29, 1.82) is 0 Å². The maximum Gasteiger partial charge on any atom is 0.223 e. The highest BCUT2D eigenvalue weighted by molar-refractivity contribution is 6.31. The number of ketones is 2. The molecule has 32 heavy (non-hydrogen) atoms. The Labute approximate surface area is 196 Å². The zero-order valence-electron chi connectivity index (χ0n) is 17.7. The van der Waals surface area contributed by atoms with Crippen LogP contribution in [0.25, 0.3) is 0 Å². The van der Waals surface area contributed by atoms with Gasteiger partial charge < -0.3 is 14.4 Å². The Kier molecular flexibility index (Phi) is 6.45. The van der Waals surface area contributed by atoms with Crippen molar-refractivity contribution in [2.45, 2.75) is 37.7 Å². The van der Waals surface area contributed by atoms with Gasteiger partial charge in [0.25, 0.3) is 0 Å². The monoisotopic (exact) mass is 475 g/mol. The maximum atomic E-state index is 12.7. The van der Waals surface area contributed by atoms with Gasteiger partial charge in [0, 0.05) is 48.8 Å². The van der Waals surface area contributed by atoms with Gasteiger partial charge in [-0.15, -0.1) is 0 Å². The Balaban J connectivity index is 1.34. The van der Waals surface area contributed by atoms with Crippen molar-refractivity contribution >= 4 is 40.7 Å². The number of amides is 1. The third-order valence-corrected chi connectivity index (χ3v) is 6.58. The number of fused-ring (bicyclic) bond motifs is 1. The number of methoxy groups -OCH3 is 1. The molecule has 1 amide bonds. The summed E-state index contributed by atoms with van der Waals surface area (Å²) in [5.74, 6) is 0.708. The summed E-state index contributed by atoms with van der Waals surface area (Å²) in [6, 6.07) is 9.91. The van der Waals surface area contributed by atoms with Crippen LogP contribution in [-0.2, 0) is 4.79 Å². The van der Waals surface area contributed by atoms with Crippen molar-refractivity contribution in [2.24, 2.45) is 0 Å². The third kappa shape index (κ3) is 4.62. The fourth-order valence-corrected chi connectivity index (χ4v) is 4.66. The molecule has 2 aromatic carbocycles. The van der Waals surface area contributed by atoms with Crippen LogP contribution < -0.4 is 9.47 Å². The first-order chi connectivity index (χ1) is 15.3. The van der Waals surface area contributed by atoms with Gasteiger partial charge >= 0.3 is 0 Å². The van der Waals surface area contributed by atoms with Crippen molar-refractivity contribution in [2.75, 3.05) is 20.2 Å².